The predicted molar refractivity (Wildman–Crippen MR) is 127 cm³/mol. The first-order valence-electron chi connectivity index (χ1n) is 10.3. The van der Waals surface area contributed by atoms with Crippen LogP contribution in [0.4, 0.5) is 0 Å². The molecule has 0 fully saturated rings. The Morgan fingerprint density at radius 3 is 2.28 bits per heavy atom. The first-order chi connectivity index (χ1) is 15.7. The molecule has 1 N–H and O–H groups in total. The SMILES string of the molecule is COc1ccc(-c2nnc(SCC(=O)N[C@H](C)c3ccccc3)n2-c2ccccc2)cc1. The molecular weight excluding hydrogens is 420 g/mol. The number of rotatable bonds is 8. The molecule has 1 aromatic heterocycles. The van der Waals surface area contributed by atoms with E-state index in [1.165, 1.54) is 11.8 Å². The third-order valence-electron chi connectivity index (χ3n) is 5.01. The Labute approximate surface area is 191 Å². The van der Waals surface area contributed by atoms with Gasteiger partial charge in [0.15, 0.2) is 11.0 Å². The topological polar surface area (TPSA) is 69.0 Å². The summed E-state index contributed by atoms with van der Waals surface area (Å²) >= 11 is 1.36. The van der Waals surface area contributed by atoms with Gasteiger partial charge < -0.3 is 10.1 Å². The highest BCUT2D eigenvalue weighted by molar-refractivity contribution is 7.99. The Morgan fingerprint density at radius 2 is 1.62 bits per heavy atom. The summed E-state index contributed by atoms with van der Waals surface area (Å²) in [6.45, 7) is 1.98. The molecule has 0 aliphatic rings. The normalized spacial score (nSPS) is 11.7. The van der Waals surface area contributed by atoms with Gasteiger partial charge in [0.1, 0.15) is 5.75 Å². The van der Waals surface area contributed by atoms with E-state index in [2.05, 4.69) is 15.5 Å². The fourth-order valence-corrected chi connectivity index (χ4v) is 4.10. The number of nitrogens with zero attached hydrogens (tertiary/aromatic N) is 3. The standard InChI is InChI=1S/C25H24N4O2S/c1-18(19-9-5-3-6-10-19)26-23(30)17-32-25-28-27-24(20-13-15-22(31-2)16-14-20)29(25)21-11-7-4-8-12-21/h3-16,18H,17H2,1-2H3,(H,26,30)/t18-/m1/s1. The van der Waals surface area contributed by atoms with Gasteiger partial charge in [0.05, 0.1) is 18.9 Å². The van der Waals surface area contributed by atoms with E-state index in [9.17, 15) is 4.79 Å². The van der Waals surface area contributed by atoms with Gasteiger partial charge >= 0.3 is 0 Å². The number of carbonyl (C=O) groups is 1. The number of nitrogens with one attached hydrogen (secondary N) is 1. The summed E-state index contributed by atoms with van der Waals surface area (Å²) in [7, 11) is 1.64. The molecular formula is C25H24N4O2S. The summed E-state index contributed by atoms with van der Waals surface area (Å²) < 4.78 is 7.23. The first kappa shape index (κ1) is 21.6. The summed E-state index contributed by atoms with van der Waals surface area (Å²) in [5, 5.41) is 12.5. The molecule has 0 bridgehead atoms. The van der Waals surface area contributed by atoms with Crippen molar-refractivity contribution >= 4 is 17.7 Å². The van der Waals surface area contributed by atoms with E-state index in [0.29, 0.717) is 11.0 Å². The fraction of sp³-hybridized carbons (Fsp3) is 0.160. The highest BCUT2D eigenvalue weighted by Gasteiger charge is 2.18. The molecule has 32 heavy (non-hydrogen) atoms. The summed E-state index contributed by atoms with van der Waals surface area (Å²) in [5.74, 6) is 1.67. The molecule has 0 spiro atoms. The lowest BCUT2D eigenvalue weighted by atomic mass is 10.1. The van der Waals surface area contributed by atoms with Crippen LogP contribution in [0, 0.1) is 0 Å². The number of thioether (sulfide) groups is 1. The number of hydrogen-bond donors (Lipinski definition) is 1. The second-order valence-electron chi connectivity index (χ2n) is 7.19. The first-order valence-corrected chi connectivity index (χ1v) is 11.3. The molecule has 0 aliphatic heterocycles. The number of aromatic nitrogens is 3. The van der Waals surface area contributed by atoms with Gasteiger partial charge in [0.25, 0.3) is 0 Å². The molecule has 0 saturated heterocycles. The molecule has 0 saturated carbocycles. The largest absolute Gasteiger partial charge is 0.497 e. The van der Waals surface area contributed by atoms with Crippen molar-refractivity contribution in [2.75, 3.05) is 12.9 Å². The molecule has 1 atom stereocenters. The molecule has 0 aliphatic carbocycles. The average molecular weight is 445 g/mol. The summed E-state index contributed by atoms with van der Waals surface area (Å²) in [5.41, 5.74) is 2.92. The zero-order valence-corrected chi connectivity index (χ0v) is 18.8. The average Bonchev–Trinajstić information content (AvgIpc) is 3.28. The van der Waals surface area contributed by atoms with E-state index < -0.39 is 0 Å². The van der Waals surface area contributed by atoms with Gasteiger partial charge in [-0.15, -0.1) is 10.2 Å². The minimum atomic E-state index is -0.0637. The van der Waals surface area contributed by atoms with Crippen LogP contribution >= 0.6 is 11.8 Å². The van der Waals surface area contributed by atoms with Crippen LogP contribution in [0.15, 0.2) is 90.1 Å². The van der Waals surface area contributed by atoms with Gasteiger partial charge in [-0.25, -0.2) is 0 Å². The maximum Gasteiger partial charge on any atom is 0.230 e. The number of amides is 1. The van der Waals surface area contributed by atoms with E-state index >= 15 is 0 Å². The van der Waals surface area contributed by atoms with Crippen molar-refractivity contribution in [1.82, 2.24) is 20.1 Å². The Balaban J connectivity index is 1.54. The van der Waals surface area contributed by atoms with E-state index in [0.717, 1.165) is 22.6 Å². The molecule has 1 heterocycles. The molecule has 4 aromatic rings. The maximum absolute atomic E-state index is 12.6. The quantitative estimate of drug-likeness (QED) is 0.391. The Bertz CT molecular complexity index is 1160. The number of benzene rings is 3. The van der Waals surface area contributed by atoms with Crippen LogP contribution in [0.2, 0.25) is 0 Å². The molecule has 1 amide bonds. The Morgan fingerprint density at radius 1 is 0.969 bits per heavy atom. The Hall–Kier alpha value is -3.58. The summed E-state index contributed by atoms with van der Waals surface area (Å²) in [6, 6.07) is 27.4. The van der Waals surface area contributed by atoms with E-state index in [1.54, 1.807) is 7.11 Å². The van der Waals surface area contributed by atoms with Crippen molar-refractivity contribution in [1.29, 1.82) is 0 Å². The number of ether oxygens (including phenoxy) is 1. The van der Waals surface area contributed by atoms with Crippen molar-refractivity contribution in [3.63, 3.8) is 0 Å². The maximum atomic E-state index is 12.6. The van der Waals surface area contributed by atoms with Crippen LogP contribution in [0.1, 0.15) is 18.5 Å². The van der Waals surface area contributed by atoms with E-state index in [-0.39, 0.29) is 17.7 Å². The van der Waals surface area contributed by atoms with Crippen LogP contribution in [0.25, 0.3) is 17.1 Å². The van der Waals surface area contributed by atoms with E-state index in [1.807, 2.05) is 96.4 Å². The van der Waals surface area contributed by atoms with Crippen LogP contribution in [0.5, 0.6) is 5.75 Å². The van der Waals surface area contributed by atoms with Crippen LogP contribution < -0.4 is 10.1 Å². The van der Waals surface area contributed by atoms with E-state index in [4.69, 9.17) is 4.74 Å². The molecule has 7 heteroatoms. The number of para-hydroxylation sites is 1. The van der Waals surface area contributed by atoms with Crippen molar-refractivity contribution in [3.05, 3.63) is 90.5 Å². The minimum Gasteiger partial charge on any atom is -0.497 e. The second kappa shape index (κ2) is 10.2. The van der Waals surface area contributed by atoms with Crippen molar-refractivity contribution < 1.29 is 9.53 Å². The highest BCUT2D eigenvalue weighted by Crippen LogP contribution is 2.29. The fourth-order valence-electron chi connectivity index (χ4n) is 3.34. The number of methoxy groups -OCH3 is 1. The van der Waals surface area contributed by atoms with Gasteiger partial charge in [-0.05, 0) is 48.9 Å². The van der Waals surface area contributed by atoms with Gasteiger partial charge in [-0.3, -0.25) is 9.36 Å². The molecule has 162 valence electrons. The monoisotopic (exact) mass is 444 g/mol. The highest BCUT2D eigenvalue weighted by atomic mass is 32.2. The zero-order valence-electron chi connectivity index (χ0n) is 17.9. The van der Waals surface area contributed by atoms with Crippen LogP contribution in [-0.2, 0) is 4.79 Å². The lowest BCUT2D eigenvalue weighted by molar-refractivity contribution is -0.119. The van der Waals surface area contributed by atoms with Gasteiger partial charge in [0, 0.05) is 11.3 Å². The van der Waals surface area contributed by atoms with Crippen molar-refractivity contribution in [3.8, 4) is 22.8 Å². The van der Waals surface area contributed by atoms with Gasteiger partial charge in [-0.1, -0.05) is 60.3 Å². The minimum absolute atomic E-state index is 0.0556. The van der Waals surface area contributed by atoms with Crippen molar-refractivity contribution in [2.24, 2.45) is 0 Å². The molecule has 6 nitrogen and oxygen atoms in total. The lowest BCUT2D eigenvalue weighted by Crippen LogP contribution is -2.28. The van der Waals surface area contributed by atoms with Gasteiger partial charge in [-0.2, -0.15) is 0 Å². The van der Waals surface area contributed by atoms with Crippen LogP contribution in [0.3, 0.4) is 0 Å². The molecule has 0 unspecified atom stereocenters. The predicted octanol–water partition coefficient (Wildman–Crippen LogP) is 4.91. The molecule has 3 aromatic carbocycles. The zero-order chi connectivity index (χ0) is 22.3. The molecule has 0 radical (unpaired) electrons. The Kier molecular flexibility index (Phi) is 6.87. The summed E-state index contributed by atoms with van der Waals surface area (Å²) in [4.78, 5) is 12.6. The number of hydrogen-bond acceptors (Lipinski definition) is 5. The van der Waals surface area contributed by atoms with Crippen molar-refractivity contribution in [2.45, 2.75) is 18.1 Å². The lowest BCUT2D eigenvalue weighted by Gasteiger charge is -2.14. The third kappa shape index (κ3) is 5.00. The second-order valence-corrected chi connectivity index (χ2v) is 8.14. The van der Waals surface area contributed by atoms with Crippen LogP contribution in [-0.4, -0.2) is 33.5 Å². The molecule has 4 rings (SSSR count). The van der Waals surface area contributed by atoms with Gasteiger partial charge in [0.2, 0.25) is 5.91 Å². The smallest absolute Gasteiger partial charge is 0.230 e. The third-order valence-corrected chi connectivity index (χ3v) is 5.93. The summed E-state index contributed by atoms with van der Waals surface area (Å²) in [6.07, 6.45) is 0. The number of carbonyl (C=O) groups excluding carboxylic acids is 1.